The Balaban J connectivity index is 1.97. The van der Waals surface area contributed by atoms with Crippen LogP contribution in [-0.4, -0.2) is 19.6 Å². The van der Waals surface area contributed by atoms with E-state index in [4.69, 9.17) is 0 Å². The van der Waals surface area contributed by atoms with E-state index in [1.807, 2.05) is 18.5 Å². The predicted octanol–water partition coefficient (Wildman–Crippen LogP) is 2.20. The van der Waals surface area contributed by atoms with Crippen LogP contribution in [0.1, 0.15) is 43.0 Å². The lowest BCUT2D eigenvalue weighted by Gasteiger charge is -2.14. The summed E-state index contributed by atoms with van der Waals surface area (Å²) in [7, 11) is 0. The van der Waals surface area contributed by atoms with Crippen molar-refractivity contribution in [1.29, 1.82) is 0 Å². The molecule has 3 rings (SSSR count). The number of hydrogen-bond donors (Lipinski definition) is 1. The van der Waals surface area contributed by atoms with Gasteiger partial charge in [-0.05, 0) is 44.7 Å². The Morgan fingerprint density at radius 2 is 2.06 bits per heavy atom. The molecule has 0 spiro atoms. The summed E-state index contributed by atoms with van der Waals surface area (Å²) in [6.45, 7) is 1.72. The van der Waals surface area contributed by atoms with Gasteiger partial charge in [0, 0.05) is 5.69 Å². The molecule has 1 atom stereocenters. The van der Waals surface area contributed by atoms with E-state index in [1.54, 1.807) is 13.1 Å². The SMILES string of the molecule is CC(O)c1ccc(-n2cnc3c2CCCC3)cn1. The first-order valence-electron chi connectivity index (χ1n) is 6.45. The molecular formula is C14H17N3O. The van der Waals surface area contributed by atoms with Gasteiger partial charge in [-0.15, -0.1) is 0 Å². The lowest BCUT2D eigenvalue weighted by atomic mass is 10.0. The highest BCUT2D eigenvalue weighted by atomic mass is 16.3. The van der Waals surface area contributed by atoms with E-state index in [1.165, 1.54) is 24.2 Å². The first kappa shape index (κ1) is 11.4. The van der Waals surface area contributed by atoms with Crippen molar-refractivity contribution in [3.63, 3.8) is 0 Å². The maximum absolute atomic E-state index is 9.46. The standard InChI is InChI=1S/C14H17N3O/c1-10(18)12-7-6-11(8-15-12)17-9-16-13-4-2-3-5-14(13)17/h6-10,18H,2-5H2,1H3. The number of nitrogens with zero attached hydrogens (tertiary/aromatic N) is 3. The van der Waals surface area contributed by atoms with Crippen molar-refractivity contribution in [3.8, 4) is 5.69 Å². The molecule has 0 radical (unpaired) electrons. The van der Waals surface area contributed by atoms with E-state index < -0.39 is 6.10 Å². The molecule has 18 heavy (non-hydrogen) atoms. The highest BCUT2D eigenvalue weighted by Gasteiger charge is 2.16. The quantitative estimate of drug-likeness (QED) is 0.879. The molecule has 1 unspecified atom stereocenters. The molecule has 4 nitrogen and oxygen atoms in total. The molecule has 1 aliphatic rings. The summed E-state index contributed by atoms with van der Waals surface area (Å²) in [6, 6.07) is 3.86. The van der Waals surface area contributed by atoms with Gasteiger partial charge in [-0.25, -0.2) is 4.98 Å². The third-order valence-corrected chi connectivity index (χ3v) is 3.51. The predicted molar refractivity (Wildman–Crippen MR) is 68.6 cm³/mol. The van der Waals surface area contributed by atoms with Crippen LogP contribution in [0.4, 0.5) is 0 Å². The van der Waals surface area contributed by atoms with Crippen LogP contribution < -0.4 is 0 Å². The van der Waals surface area contributed by atoms with E-state index in [0.29, 0.717) is 5.69 Å². The van der Waals surface area contributed by atoms with Gasteiger partial charge in [0.15, 0.2) is 0 Å². The van der Waals surface area contributed by atoms with Crippen LogP contribution in [0.2, 0.25) is 0 Å². The molecule has 0 aliphatic heterocycles. The van der Waals surface area contributed by atoms with Gasteiger partial charge in [0.1, 0.15) is 0 Å². The molecule has 2 aromatic rings. The van der Waals surface area contributed by atoms with E-state index >= 15 is 0 Å². The van der Waals surface area contributed by atoms with E-state index in [2.05, 4.69) is 14.5 Å². The molecule has 0 amide bonds. The zero-order valence-electron chi connectivity index (χ0n) is 10.5. The number of aryl methyl sites for hydroxylation is 1. The Morgan fingerprint density at radius 1 is 1.22 bits per heavy atom. The summed E-state index contributed by atoms with van der Waals surface area (Å²) in [6.07, 6.45) is 7.82. The zero-order chi connectivity index (χ0) is 12.5. The fourth-order valence-corrected chi connectivity index (χ4v) is 2.48. The summed E-state index contributed by atoms with van der Waals surface area (Å²) in [4.78, 5) is 8.76. The fraction of sp³-hybridized carbons (Fsp3) is 0.429. The van der Waals surface area contributed by atoms with Crippen LogP contribution in [0.25, 0.3) is 5.69 Å². The summed E-state index contributed by atoms with van der Waals surface area (Å²) in [5.41, 5.74) is 4.26. The summed E-state index contributed by atoms with van der Waals surface area (Å²) >= 11 is 0. The Kier molecular flexibility index (Phi) is 2.88. The molecular weight excluding hydrogens is 226 g/mol. The van der Waals surface area contributed by atoms with E-state index in [-0.39, 0.29) is 0 Å². The lowest BCUT2D eigenvalue weighted by Crippen LogP contribution is -2.07. The second-order valence-corrected chi connectivity index (χ2v) is 4.83. The second kappa shape index (κ2) is 4.53. The van der Waals surface area contributed by atoms with Crippen molar-refractivity contribution in [2.45, 2.75) is 38.7 Å². The van der Waals surface area contributed by atoms with Gasteiger partial charge >= 0.3 is 0 Å². The van der Waals surface area contributed by atoms with Gasteiger partial charge in [0.05, 0.1) is 35.7 Å². The minimum Gasteiger partial charge on any atom is -0.387 e. The van der Waals surface area contributed by atoms with Crippen molar-refractivity contribution in [2.24, 2.45) is 0 Å². The number of hydrogen-bond acceptors (Lipinski definition) is 3. The van der Waals surface area contributed by atoms with Crippen LogP contribution in [0.3, 0.4) is 0 Å². The number of aliphatic hydroxyl groups excluding tert-OH is 1. The van der Waals surface area contributed by atoms with Gasteiger partial charge in [-0.2, -0.15) is 0 Å². The van der Waals surface area contributed by atoms with Gasteiger partial charge < -0.3 is 9.67 Å². The number of rotatable bonds is 2. The lowest BCUT2D eigenvalue weighted by molar-refractivity contribution is 0.194. The Hall–Kier alpha value is -1.68. The molecule has 94 valence electrons. The molecule has 0 fully saturated rings. The Morgan fingerprint density at radius 3 is 2.78 bits per heavy atom. The third-order valence-electron chi connectivity index (χ3n) is 3.51. The third kappa shape index (κ3) is 1.93. The topological polar surface area (TPSA) is 50.9 Å². The van der Waals surface area contributed by atoms with Crippen LogP contribution in [0, 0.1) is 0 Å². The largest absolute Gasteiger partial charge is 0.387 e. The Labute approximate surface area is 106 Å². The summed E-state index contributed by atoms with van der Waals surface area (Å²) < 4.78 is 2.12. The maximum atomic E-state index is 9.46. The average molecular weight is 243 g/mol. The number of pyridine rings is 1. The van der Waals surface area contributed by atoms with Crippen LogP contribution in [0.5, 0.6) is 0 Å². The Bertz CT molecular complexity index is 543. The summed E-state index contributed by atoms with van der Waals surface area (Å²) in [5, 5.41) is 9.46. The molecule has 0 aromatic carbocycles. The number of imidazole rings is 1. The molecule has 0 saturated heterocycles. The normalized spacial score (nSPS) is 16.3. The van der Waals surface area contributed by atoms with Crippen molar-refractivity contribution in [2.75, 3.05) is 0 Å². The van der Waals surface area contributed by atoms with Crippen molar-refractivity contribution >= 4 is 0 Å². The smallest absolute Gasteiger partial charge is 0.0998 e. The second-order valence-electron chi connectivity index (χ2n) is 4.83. The van der Waals surface area contributed by atoms with Gasteiger partial charge in [0.25, 0.3) is 0 Å². The molecule has 0 saturated carbocycles. The average Bonchev–Trinajstić information content (AvgIpc) is 2.82. The minimum atomic E-state index is -0.518. The fourth-order valence-electron chi connectivity index (χ4n) is 2.48. The highest BCUT2D eigenvalue weighted by molar-refractivity contribution is 5.35. The van der Waals surface area contributed by atoms with Crippen molar-refractivity contribution in [1.82, 2.24) is 14.5 Å². The number of fused-ring (bicyclic) bond motifs is 1. The van der Waals surface area contributed by atoms with Crippen LogP contribution >= 0.6 is 0 Å². The summed E-state index contributed by atoms with van der Waals surface area (Å²) in [5.74, 6) is 0. The monoisotopic (exact) mass is 243 g/mol. The first-order valence-corrected chi connectivity index (χ1v) is 6.45. The van der Waals surface area contributed by atoms with Gasteiger partial charge in [-0.3, -0.25) is 4.98 Å². The highest BCUT2D eigenvalue weighted by Crippen LogP contribution is 2.23. The molecule has 2 heterocycles. The van der Waals surface area contributed by atoms with E-state index in [9.17, 15) is 5.11 Å². The molecule has 2 aromatic heterocycles. The zero-order valence-corrected chi connectivity index (χ0v) is 10.5. The number of aliphatic hydroxyl groups is 1. The molecule has 0 bridgehead atoms. The van der Waals surface area contributed by atoms with Crippen molar-refractivity contribution < 1.29 is 5.11 Å². The van der Waals surface area contributed by atoms with Crippen LogP contribution in [-0.2, 0) is 12.8 Å². The van der Waals surface area contributed by atoms with Crippen molar-refractivity contribution in [3.05, 3.63) is 41.7 Å². The minimum absolute atomic E-state index is 0.518. The van der Waals surface area contributed by atoms with Crippen LogP contribution in [0.15, 0.2) is 24.7 Å². The van der Waals surface area contributed by atoms with Gasteiger partial charge in [0.2, 0.25) is 0 Å². The van der Waals surface area contributed by atoms with E-state index in [0.717, 1.165) is 18.5 Å². The molecule has 1 aliphatic carbocycles. The first-order chi connectivity index (χ1) is 8.75. The molecule has 1 N–H and O–H groups in total. The maximum Gasteiger partial charge on any atom is 0.0998 e. The number of aromatic nitrogens is 3. The molecule has 4 heteroatoms. The van der Waals surface area contributed by atoms with Gasteiger partial charge in [-0.1, -0.05) is 0 Å².